The van der Waals surface area contributed by atoms with Crippen molar-refractivity contribution in [1.82, 2.24) is 5.32 Å². The molecule has 0 heterocycles. The number of nitro benzene ring substituents is 1. The number of carbonyl (C=O) groups excluding carboxylic acids is 1. The average molecular weight is 450 g/mol. The van der Waals surface area contributed by atoms with E-state index in [1.165, 1.54) is 19.2 Å². The molecule has 1 amide bonds. The lowest BCUT2D eigenvalue weighted by atomic mass is 10.0. The van der Waals surface area contributed by atoms with Crippen LogP contribution < -0.4 is 14.4 Å². The fourth-order valence-corrected chi connectivity index (χ4v) is 4.05. The van der Waals surface area contributed by atoms with Gasteiger partial charge in [0.2, 0.25) is 15.9 Å². The average Bonchev–Trinajstić information content (AvgIpc) is 2.74. The maximum atomic E-state index is 12.3. The second-order valence-electron chi connectivity index (χ2n) is 7.17. The highest BCUT2D eigenvalue weighted by Crippen LogP contribution is 2.33. The zero-order chi connectivity index (χ0) is 23.0. The molecule has 2 rings (SSSR count). The van der Waals surface area contributed by atoms with Crippen molar-refractivity contribution in [3.05, 3.63) is 64.2 Å². The first-order chi connectivity index (χ1) is 14.6. The van der Waals surface area contributed by atoms with E-state index < -0.39 is 14.9 Å². The molecule has 0 radical (unpaired) electrons. The minimum absolute atomic E-state index is 0.0159. The summed E-state index contributed by atoms with van der Waals surface area (Å²) in [6.45, 7) is 2.46. The minimum atomic E-state index is -3.75. The number of ether oxygens (including phenoxy) is 1. The Balaban J connectivity index is 2.01. The van der Waals surface area contributed by atoms with E-state index in [0.29, 0.717) is 6.54 Å². The lowest BCUT2D eigenvalue weighted by Gasteiger charge is -2.24. The smallest absolute Gasteiger partial charge is 0.271 e. The molecule has 9 nitrogen and oxygen atoms in total. The summed E-state index contributed by atoms with van der Waals surface area (Å²) in [5.74, 6) is 0.145. The number of sulfonamides is 1. The van der Waals surface area contributed by atoms with E-state index in [1.54, 1.807) is 0 Å². The molecule has 0 bridgehead atoms. The molecule has 0 aromatic heterocycles. The van der Waals surface area contributed by atoms with Gasteiger partial charge in [-0.3, -0.25) is 19.2 Å². The molecule has 0 fully saturated rings. The Kier molecular flexibility index (Phi) is 8.38. The van der Waals surface area contributed by atoms with Crippen molar-refractivity contribution in [3.63, 3.8) is 0 Å². The number of non-ortho nitro benzene ring substituents is 1. The standard InChI is InChI=1S/C21H27N3O6S/c1-16(17-8-5-4-6-9-17)15-22-21(25)10-7-13-23(31(3,28)29)19-14-18(24(26)27)11-12-20(19)30-2/h4-6,8-9,11-12,14,16H,7,10,13,15H2,1-3H3,(H,22,25). The predicted octanol–water partition coefficient (Wildman–Crippen LogP) is 3.07. The number of amides is 1. The number of methoxy groups -OCH3 is 1. The summed E-state index contributed by atoms with van der Waals surface area (Å²) in [5.41, 5.74) is 0.929. The molecule has 2 aromatic rings. The molecule has 0 aliphatic rings. The number of rotatable bonds is 11. The molecular formula is C21H27N3O6S. The Morgan fingerprint density at radius 1 is 1.23 bits per heavy atom. The second-order valence-corrected chi connectivity index (χ2v) is 9.07. The van der Waals surface area contributed by atoms with Crippen LogP contribution in [0.4, 0.5) is 11.4 Å². The van der Waals surface area contributed by atoms with Gasteiger partial charge >= 0.3 is 0 Å². The van der Waals surface area contributed by atoms with Crippen LogP contribution in [0.25, 0.3) is 0 Å². The molecular weight excluding hydrogens is 422 g/mol. The van der Waals surface area contributed by atoms with Crippen molar-refractivity contribution in [3.8, 4) is 5.75 Å². The maximum absolute atomic E-state index is 12.3. The van der Waals surface area contributed by atoms with Gasteiger partial charge in [-0.2, -0.15) is 0 Å². The monoisotopic (exact) mass is 449 g/mol. The van der Waals surface area contributed by atoms with Gasteiger partial charge in [-0.25, -0.2) is 8.42 Å². The van der Waals surface area contributed by atoms with Crippen molar-refractivity contribution in [1.29, 1.82) is 0 Å². The van der Waals surface area contributed by atoms with Crippen LogP contribution in [0, 0.1) is 10.1 Å². The Morgan fingerprint density at radius 2 is 1.90 bits per heavy atom. The Labute approximate surface area is 182 Å². The number of carbonyl (C=O) groups is 1. The summed E-state index contributed by atoms with van der Waals surface area (Å²) in [6.07, 6.45) is 1.36. The first-order valence-corrected chi connectivity index (χ1v) is 11.6. The first-order valence-electron chi connectivity index (χ1n) is 9.75. The van der Waals surface area contributed by atoms with E-state index >= 15 is 0 Å². The zero-order valence-corrected chi connectivity index (χ0v) is 18.6. The van der Waals surface area contributed by atoms with E-state index in [-0.39, 0.29) is 48.3 Å². The second kappa shape index (κ2) is 10.8. The first kappa shape index (κ1) is 24.1. The summed E-state index contributed by atoms with van der Waals surface area (Å²) in [7, 11) is -2.40. The van der Waals surface area contributed by atoms with Crippen LogP contribution in [-0.4, -0.2) is 45.7 Å². The SMILES string of the molecule is COc1ccc([N+](=O)[O-])cc1N(CCCC(=O)NCC(C)c1ccccc1)S(C)(=O)=O. The highest BCUT2D eigenvalue weighted by atomic mass is 32.2. The molecule has 0 aliphatic heterocycles. The van der Waals surface area contributed by atoms with Crippen molar-refractivity contribution in [2.75, 3.05) is 30.8 Å². The molecule has 0 spiro atoms. The predicted molar refractivity (Wildman–Crippen MR) is 119 cm³/mol. The molecule has 31 heavy (non-hydrogen) atoms. The topological polar surface area (TPSA) is 119 Å². The zero-order valence-electron chi connectivity index (χ0n) is 17.8. The molecule has 168 valence electrons. The van der Waals surface area contributed by atoms with Crippen molar-refractivity contribution in [2.24, 2.45) is 0 Å². The number of anilines is 1. The summed E-state index contributed by atoms with van der Waals surface area (Å²) >= 11 is 0. The summed E-state index contributed by atoms with van der Waals surface area (Å²) in [6, 6.07) is 13.5. The Bertz CT molecular complexity index is 1010. The van der Waals surface area contributed by atoms with Gasteiger partial charge in [-0.15, -0.1) is 0 Å². The largest absolute Gasteiger partial charge is 0.495 e. The number of benzene rings is 2. The molecule has 0 aliphatic carbocycles. The van der Waals surface area contributed by atoms with Crippen LogP contribution in [0.15, 0.2) is 48.5 Å². The number of nitrogens with one attached hydrogen (secondary N) is 1. The highest BCUT2D eigenvalue weighted by molar-refractivity contribution is 7.92. The van der Waals surface area contributed by atoms with Crippen LogP contribution in [-0.2, 0) is 14.8 Å². The van der Waals surface area contributed by atoms with E-state index in [4.69, 9.17) is 4.74 Å². The fraction of sp³-hybridized carbons (Fsp3) is 0.381. The van der Waals surface area contributed by atoms with Gasteiger partial charge < -0.3 is 10.1 Å². The number of hydrogen-bond donors (Lipinski definition) is 1. The van der Waals surface area contributed by atoms with Crippen LogP contribution in [0.3, 0.4) is 0 Å². The van der Waals surface area contributed by atoms with Crippen LogP contribution >= 0.6 is 0 Å². The molecule has 1 N–H and O–H groups in total. The quantitative estimate of drug-likeness (QED) is 0.416. The molecule has 10 heteroatoms. The van der Waals surface area contributed by atoms with E-state index in [1.807, 2.05) is 37.3 Å². The normalized spacial score (nSPS) is 12.1. The molecule has 1 unspecified atom stereocenters. The number of nitrogens with zero attached hydrogens (tertiary/aromatic N) is 2. The number of nitro groups is 1. The van der Waals surface area contributed by atoms with E-state index in [0.717, 1.165) is 22.2 Å². The van der Waals surface area contributed by atoms with Gasteiger partial charge in [-0.05, 0) is 24.0 Å². The Hall–Kier alpha value is -3.14. The summed E-state index contributed by atoms with van der Waals surface area (Å²) in [5, 5.41) is 14.0. The van der Waals surface area contributed by atoms with Crippen molar-refractivity contribution >= 4 is 27.3 Å². The third-order valence-electron chi connectivity index (χ3n) is 4.78. The van der Waals surface area contributed by atoms with Crippen molar-refractivity contribution in [2.45, 2.75) is 25.7 Å². The van der Waals surface area contributed by atoms with Crippen molar-refractivity contribution < 1.29 is 22.9 Å². The molecule has 0 saturated carbocycles. The summed E-state index contributed by atoms with van der Waals surface area (Å²) < 4.78 is 30.9. The van der Waals surface area contributed by atoms with Crippen LogP contribution in [0.5, 0.6) is 5.75 Å². The molecule has 1 atom stereocenters. The Morgan fingerprint density at radius 3 is 2.48 bits per heavy atom. The van der Waals surface area contributed by atoms with Gasteiger partial charge in [-0.1, -0.05) is 37.3 Å². The van der Waals surface area contributed by atoms with Crippen LogP contribution in [0.2, 0.25) is 0 Å². The molecule has 0 saturated heterocycles. The third-order valence-corrected chi connectivity index (χ3v) is 5.96. The molecule has 2 aromatic carbocycles. The van der Waals surface area contributed by atoms with E-state index in [2.05, 4.69) is 5.32 Å². The highest BCUT2D eigenvalue weighted by Gasteiger charge is 2.24. The van der Waals surface area contributed by atoms with Gasteiger partial charge in [0.1, 0.15) is 11.4 Å². The lowest BCUT2D eigenvalue weighted by Crippen LogP contribution is -2.33. The fourth-order valence-electron chi connectivity index (χ4n) is 3.09. The van der Waals surface area contributed by atoms with E-state index in [9.17, 15) is 23.3 Å². The van der Waals surface area contributed by atoms with Gasteiger partial charge in [0, 0.05) is 31.6 Å². The number of hydrogen-bond acceptors (Lipinski definition) is 6. The third kappa shape index (κ3) is 6.95. The van der Waals surface area contributed by atoms with Gasteiger partial charge in [0.05, 0.1) is 18.3 Å². The maximum Gasteiger partial charge on any atom is 0.271 e. The summed E-state index contributed by atoms with van der Waals surface area (Å²) in [4.78, 5) is 22.7. The minimum Gasteiger partial charge on any atom is -0.495 e. The lowest BCUT2D eigenvalue weighted by molar-refractivity contribution is -0.384. The van der Waals surface area contributed by atoms with Gasteiger partial charge in [0.15, 0.2) is 0 Å². The van der Waals surface area contributed by atoms with Crippen LogP contribution in [0.1, 0.15) is 31.2 Å². The van der Waals surface area contributed by atoms with Gasteiger partial charge in [0.25, 0.3) is 5.69 Å².